The summed E-state index contributed by atoms with van der Waals surface area (Å²) in [5.41, 5.74) is -0.106. The van der Waals surface area contributed by atoms with Crippen LogP contribution in [0.1, 0.15) is 15.9 Å². The number of alkyl halides is 3. The molecule has 0 saturated heterocycles. The molecule has 110 valence electrons. The maximum atomic E-state index is 12.4. The normalized spacial score (nSPS) is 11.0. The van der Waals surface area contributed by atoms with E-state index in [0.717, 1.165) is 6.07 Å². The Morgan fingerprint density at radius 2 is 1.71 bits per heavy atom. The van der Waals surface area contributed by atoms with Crippen LogP contribution in [0.2, 0.25) is 0 Å². The Hall–Kier alpha value is -2.57. The van der Waals surface area contributed by atoms with Gasteiger partial charge in [0.15, 0.2) is 0 Å². The van der Waals surface area contributed by atoms with Gasteiger partial charge in [0.1, 0.15) is 17.1 Å². The van der Waals surface area contributed by atoms with Gasteiger partial charge in [0.05, 0.1) is 7.11 Å². The molecule has 0 radical (unpaired) electrons. The van der Waals surface area contributed by atoms with Crippen molar-refractivity contribution in [3.8, 4) is 11.5 Å². The summed E-state index contributed by atoms with van der Waals surface area (Å²) >= 11 is 0. The maximum absolute atomic E-state index is 12.4. The van der Waals surface area contributed by atoms with E-state index in [1.807, 2.05) is 0 Å². The second-order valence-corrected chi connectivity index (χ2v) is 3.95. The average Bonchev–Trinajstić information content (AvgIpc) is 2.45. The van der Waals surface area contributed by atoms with E-state index in [-0.39, 0.29) is 16.9 Å². The van der Waals surface area contributed by atoms with Crippen molar-refractivity contribution in [2.75, 3.05) is 7.11 Å². The number of aromatic nitrogens is 1. The highest BCUT2D eigenvalue weighted by molar-refractivity contribution is 6.12. The molecule has 0 atom stereocenters. The molecular formula is C14H10F3NO3. The first-order valence-electron chi connectivity index (χ1n) is 5.80. The van der Waals surface area contributed by atoms with Gasteiger partial charge < -0.3 is 9.47 Å². The summed E-state index contributed by atoms with van der Waals surface area (Å²) in [5, 5.41) is 0. The third-order valence-electron chi connectivity index (χ3n) is 2.60. The van der Waals surface area contributed by atoms with Crippen LogP contribution in [0.5, 0.6) is 11.5 Å². The van der Waals surface area contributed by atoms with E-state index in [1.165, 1.54) is 43.8 Å². The maximum Gasteiger partial charge on any atom is 0.573 e. The minimum absolute atomic E-state index is 0.00133. The molecule has 0 saturated carbocycles. The van der Waals surface area contributed by atoms with Gasteiger partial charge in [0.25, 0.3) is 0 Å². The predicted octanol–water partition coefficient (Wildman–Crippen LogP) is 3.22. The Labute approximate surface area is 118 Å². The van der Waals surface area contributed by atoms with E-state index in [9.17, 15) is 18.0 Å². The summed E-state index contributed by atoms with van der Waals surface area (Å²) < 4.78 is 46.2. The van der Waals surface area contributed by atoms with Crippen LogP contribution in [0, 0.1) is 0 Å². The van der Waals surface area contributed by atoms with Gasteiger partial charge in [-0.15, -0.1) is 13.2 Å². The molecule has 4 nitrogen and oxygen atoms in total. The zero-order valence-electron chi connectivity index (χ0n) is 10.8. The predicted molar refractivity (Wildman–Crippen MR) is 67.3 cm³/mol. The molecule has 0 aliphatic carbocycles. The van der Waals surface area contributed by atoms with Gasteiger partial charge in [-0.1, -0.05) is 6.07 Å². The van der Waals surface area contributed by atoms with E-state index in [4.69, 9.17) is 4.74 Å². The van der Waals surface area contributed by atoms with Crippen LogP contribution in [-0.2, 0) is 0 Å². The van der Waals surface area contributed by atoms with Crippen LogP contribution in [-0.4, -0.2) is 24.2 Å². The fourth-order valence-corrected chi connectivity index (χ4v) is 1.76. The molecule has 2 aromatic rings. The van der Waals surface area contributed by atoms with Crippen molar-refractivity contribution in [3.63, 3.8) is 0 Å². The van der Waals surface area contributed by atoms with Crippen molar-refractivity contribution < 1.29 is 27.4 Å². The van der Waals surface area contributed by atoms with Crippen LogP contribution < -0.4 is 9.47 Å². The fourth-order valence-electron chi connectivity index (χ4n) is 1.76. The van der Waals surface area contributed by atoms with Crippen LogP contribution >= 0.6 is 0 Å². The molecule has 0 unspecified atom stereocenters. The number of pyridine rings is 1. The Bertz CT molecular complexity index is 642. The molecule has 1 aromatic heterocycles. The Morgan fingerprint density at radius 1 is 1.10 bits per heavy atom. The van der Waals surface area contributed by atoms with Crippen LogP contribution in [0.25, 0.3) is 0 Å². The Balaban J connectivity index is 2.52. The van der Waals surface area contributed by atoms with E-state index in [2.05, 4.69) is 9.72 Å². The van der Waals surface area contributed by atoms with Gasteiger partial charge in [0.2, 0.25) is 5.78 Å². The summed E-state index contributed by atoms with van der Waals surface area (Å²) in [6.07, 6.45) is -2.17. The number of ketones is 1. The van der Waals surface area contributed by atoms with Gasteiger partial charge in [-0.25, -0.2) is 0 Å². The van der Waals surface area contributed by atoms with E-state index < -0.39 is 17.9 Å². The fraction of sp³-hybridized carbons (Fsp3) is 0.143. The van der Waals surface area contributed by atoms with Gasteiger partial charge in [-0.05, 0) is 24.3 Å². The van der Waals surface area contributed by atoms with Crippen LogP contribution in [0.4, 0.5) is 13.2 Å². The van der Waals surface area contributed by atoms with E-state index >= 15 is 0 Å². The molecule has 0 amide bonds. The zero-order chi connectivity index (χ0) is 15.5. The molecule has 0 aliphatic heterocycles. The smallest absolute Gasteiger partial charge is 0.496 e. The molecule has 1 aromatic carbocycles. The number of methoxy groups -OCH3 is 1. The molecule has 21 heavy (non-hydrogen) atoms. The second kappa shape index (κ2) is 5.82. The highest BCUT2D eigenvalue weighted by atomic mass is 19.4. The van der Waals surface area contributed by atoms with Gasteiger partial charge in [0, 0.05) is 18.0 Å². The van der Waals surface area contributed by atoms with Crippen molar-refractivity contribution in [2.45, 2.75) is 6.36 Å². The first kappa shape index (κ1) is 14.8. The number of carbonyl (C=O) groups is 1. The Kier molecular flexibility index (Phi) is 4.11. The van der Waals surface area contributed by atoms with Crippen molar-refractivity contribution in [1.82, 2.24) is 4.98 Å². The van der Waals surface area contributed by atoms with Crippen molar-refractivity contribution >= 4 is 5.78 Å². The van der Waals surface area contributed by atoms with Gasteiger partial charge in [-0.2, -0.15) is 0 Å². The molecule has 7 heteroatoms. The van der Waals surface area contributed by atoms with E-state index in [1.54, 1.807) is 0 Å². The average molecular weight is 297 g/mol. The summed E-state index contributed by atoms with van der Waals surface area (Å²) in [7, 11) is 1.26. The third kappa shape index (κ3) is 3.50. The summed E-state index contributed by atoms with van der Waals surface area (Å²) in [6.45, 7) is 0. The molecule has 0 fully saturated rings. The summed E-state index contributed by atoms with van der Waals surface area (Å²) in [6, 6.07) is 6.55. The Morgan fingerprint density at radius 3 is 2.29 bits per heavy atom. The number of halogens is 3. The lowest BCUT2D eigenvalue weighted by molar-refractivity contribution is -0.274. The van der Waals surface area contributed by atoms with Gasteiger partial charge in [-0.3, -0.25) is 9.78 Å². The van der Waals surface area contributed by atoms with Crippen LogP contribution in [0.15, 0.2) is 42.7 Å². The molecule has 2 rings (SSSR count). The van der Waals surface area contributed by atoms with Crippen molar-refractivity contribution in [3.05, 3.63) is 53.9 Å². The SMILES string of the molecule is COc1cccc(OC(F)(F)F)c1C(=O)c1ccncc1. The number of benzene rings is 1. The zero-order valence-corrected chi connectivity index (χ0v) is 10.8. The number of carbonyl (C=O) groups excluding carboxylic acids is 1. The topological polar surface area (TPSA) is 48.4 Å². The quantitative estimate of drug-likeness (QED) is 0.813. The number of hydrogen-bond acceptors (Lipinski definition) is 4. The largest absolute Gasteiger partial charge is 0.573 e. The number of nitrogens with zero attached hydrogens (tertiary/aromatic N) is 1. The third-order valence-corrected chi connectivity index (χ3v) is 2.60. The van der Waals surface area contributed by atoms with Gasteiger partial charge >= 0.3 is 6.36 Å². The first-order valence-corrected chi connectivity index (χ1v) is 5.80. The number of hydrogen-bond donors (Lipinski definition) is 0. The molecule has 0 aliphatic rings. The lowest BCUT2D eigenvalue weighted by Crippen LogP contribution is -2.19. The minimum atomic E-state index is -4.90. The van der Waals surface area contributed by atoms with Crippen molar-refractivity contribution in [1.29, 1.82) is 0 Å². The molecular weight excluding hydrogens is 287 g/mol. The molecule has 0 N–H and O–H groups in total. The summed E-state index contributed by atoms with van der Waals surface area (Å²) in [4.78, 5) is 16.1. The molecule has 0 spiro atoms. The lowest BCUT2D eigenvalue weighted by Gasteiger charge is -2.15. The highest BCUT2D eigenvalue weighted by Crippen LogP contribution is 2.34. The number of ether oxygens (including phenoxy) is 2. The second-order valence-electron chi connectivity index (χ2n) is 3.95. The minimum Gasteiger partial charge on any atom is -0.496 e. The molecule has 0 bridgehead atoms. The monoisotopic (exact) mass is 297 g/mol. The standard InChI is InChI=1S/C14H10F3NO3/c1-20-10-3-2-4-11(21-14(15,16)17)12(10)13(19)9-5-7-18-8-6-9/h2-8H,1H3. The number of rotatable bonds is 4. The molecule has 1 heterocycles. The van der Waals surface area contributed by atoms with Crippen LogP contribution in [0.3, 0.4) is 0 Å². The lowest BCUT2D eigenvalue weighted by atomic mass is 10.0. The highest BCUT2D eigenvalue weighted by Gasteiger charge is 2.34. The van der Waals surface area contributed by atoms with E-state index in [0.29, 0.717) is 0 Å². The van der Waals surface area contributed by atoms with Crippen molar-refractivity contribution in [2.24, 2.45) is 0 Å². The summed E-state index contributed by atoms with van der Waals surface area (Å²) in [5.74, 6) is -1.25. The first-order chi connectivity index (χ1) is 9.92.